The average molecular weight is 283 g/mol. The molecule has 0 bridgehead atoms. The zero-order valence-electron chi connectivity index (χ0n) is 12.7. The molecular formula is C16H29NO3. The molecule has 1 spiro atoms. The second-order valence-electron chi connectivity index (χ2n) is 6.51. The van der Waals surface area contributed by atoms with E-state index in [4.69, 9.17) is 14.2 Å². The lowest BCUT2D eigenvalue weighted by atomic mass is 9.83. The zero-order chi connectivity index (χ0) is 13.8. The van der Waals surface area contributed by atoms with Crippen LogP contribution in [0, 0.1) is 5.92 Å². The van der Waals surface area contributed by atoms with Crippen molar-refractivity contribution in [3.8, 4) is 0 Å². The summed E-state index contributed by atoms with van der Waals surface area (Å²) in [5, 5.41) is 3.57. The summed E-state index contributed by atoms with van der Waals surface area (Å²) in [7, 11) is 0. The van der Waals surface area contributed by atoms with E-state index in [9.17, 15) is 0 Å². The molecule has 0 aromatic rings. The number of likely N-dealkylation sites (N-methyl/N-ethyl adjacent to an activating group) is 1. The predicted molar refractivity (Wildman–Crippen MR) is 77.6 cm³/mol. The molecule has 2 unspecified atom stereocenters. The Morgan fingerprint density at radius 2 is 2.00 bits per heavy atom. The number of hydrogen-bond donors (Lipinski definition) is 1. The first-order valence-electron chi connectivity index (χ1n) is 8.44. The maximum Gasteiger partial charge on any atom is 0.171 e. The number of ether oxygens (including phenoxy) is 3. The molecular weight excluding hydrogens is 254 g/mol. The SMILES string of the molecule is CCNC1CCC2(CC1OCCC1CCC1)OCCO2. The highest BCUT2D eigenvalue weighted by Crippen LogP contribution is 2.37. The van der Waals surface area contributed by atoms with E-state index in [2.05, 4.69) is 12.2 Å². The fourth-order valence-electron chi connectivity index (χ4n) is 3.71. The first kappa shape index (κ1) is 14.8. The van der Waals surface area contributed by atoms with Crippen molar-refractivity contribution in [2.24, 2.45) is 5.92 Å². The van der Waals surface area contributed by atoms with Crippen LogP contribution in [0.2, 0.25) is 0 Å². The molecule has 0 radical (unpaired) electrons. The molecule has 3 fully saturated rings. The lowest BCUT2D eigenvalue weighted by Crippen LogP contribution is -2.52. The highest BCUT2D eigenvalue weighted by Gasteiger charge is 2.45. The Morgan fingerprint density at radius 3 is 2.65 bits per heavy atom. The Balaban J connectivity index is 1.50. The molecule has 1 saturated heterocycles. The Morgan fingerprint density at radius 1 is 1.20 bits per heavy atom. The maximum absolute atomic E-state index is 6.22. The molecule has 0 aromatic heterocycles. The van der Waals surface area contributed by atoms with Crippen LogP contribution in [-0.2, 0) is 14.2 Å². The maximum atomic E-state index is 6.22. The van der Waals surface area contributed by atoms with E-state index in [1.54, 1.807) is 0 Å². The van der Waals surface area contributed by atoms with Gasteiger partial charge in [0.2, 0.25) is 0 Å². The van der Waals surface area contributed by atoms with Gasteiger partial charge in [0.15, 0.2) is 5.79 Å². The van der Waals surface area contributed by atoms with Crippen molar-refractivity contribution >= 4 is 0 Å². The number of rotatable bonds is 6. The van der Waals surface area contributed by atoms with Crippen LogP contribution >= 0.6 is 0 Å². The largest absolute Gasteiger partial charge is 0.376 e. The monoisotopic (exact) mass is 283 g/mol. The molecule has 4 nitrogen and oxygen atoms in total. The van der Waals surface area contributed by atoms with Gasteiger partial charge in [-0.25, -0.2) is 0 Å². The van der Waals surface area contributed by atoms with Crippen LogP contribution in [0.25, 0.3) is 0 Å². The molecule has 3 aliphatic rings. The van der Waals surface area contributed by atoms with E-state index >= 15 is 0 Å². The summed E-state index contributed by atoms with van der Waals surface area (Å²) in [4.78, 5) is 0. The number of hydrogen-bond acceptors (Lipinski definition) is 4. The molecule has 1 N–H and O–H groups in total. The molecule has 2 atom stereocenters. The third-order valence-electron chi connectivity index (χ3n) is 5.16. The molecule has 1 aliphatic heterocycles. The summed E-state index contributed by atoms with van der Waals surface area (Å²) < 4.78 is 18.0. The molecule has 2 aliphatic carbocycles. The second kappa shape index (κ2) is 6.73. The Kier molecular flexibility index (Phi) is 4.97. The molecule has 0 aromatic carbocycles. The van der Waals surface area contributed by atoms with Gasteiger partial charge in [0.1, 0.15) is 0 Å². The van der Waals surface area contributed by atoms with E-state index in [0.717, 1.165) is 51.5 Å². The Bertz CT molecular complexity index is 300. The van der Waals surface area contributed by atoms with E-state index in [1.165, 1.54) is 25.7 Å². The first-order chi connectivity index (χ1) is 9.81. The van der Waals surface area contributed by atoms with Gasteiger partial charge in [0, 0.05) is 25.5 Å². The molecule has 3 rings (SSSR count). The molecule has 4 heteroatoms. The van der Waals surface area contributed by atoms with Crippen LogP contribution in [0.3, 0.4) is 0 Å². The molecule has 0 amide bonds. The van der Waals surface area contributed by atoms with E-state index in [1.807, 2.05) is 0 Å². The smallest absolute Gasteiger partial charge is 0.171 e. The average Bonchev–Trinajstić information content (AvgIpc) is 2.84. The Labute approximate surface area is 122 Å². The standard InChI is InChI=1S/C16H29NO3/c1-2-17-14-6-8-16(19-10-11-20-16)12-15(14)18-9-7-13-4-3-5-13/h13-15,17H,2-12H2,1H3. The summed E-state index contributed by atoms with van der Waals surface area (Å²) in [6.45, 7) is 5.54. The lowest BCUT2D eigenvalue weighted by Gasteiger charge is -2.41. The van der Waals surface area contributed by atoms with Crippen molar-refractivity contribution in [3.63, 3.8) is 0 Å². The summed E-state index contributed by atoms with van der Waals surface area (Å²) in [5.41, 5.74) is 0. The topological polar surface area (TPSA) is 39.7 Å². The highest BCUT2D eigenvalue weighted by atomic mass is 16.7. The van der Waals surface area contributed by atoms with Gasteiger partial charge in [-0.1, -0.05) is 26.2 Å². The Hall–Kier alpha value is -0.160. The van der Waals surface area contributed by atoms with Crippen LogP contribution in [0.15, 0.2) is 0 Å². The van der Waals surface area contributed by atoms with Crippen LogP contribution in [-0.4, -0.2) is 44.3 Å². The summed E-state index contributed by atoms with van der Waals surface area (Å²) in [6, 6.07) is 0.458. The minimum Gasteiger partial charge on any atom is -0.376 e. The van der Waals surface area contributed by atoms with Crippen molar-refractivity contribution in [1.82, 2.24) is 5.32 Å². The van der Waals surface area contributed by atoms with Crippen LogP contribution in [0.5, 0.6) is 0 Å². The number of nitrogens with one attached hydrogen (secondary N) is 1. The fourth-order valence-corrected chi connectivity index (χ4v) is 3.71. The normalized spacial score (nSPS) is 33.5. The molecule has 2 saturated carbocycles. The third kappa shape index (κ3) is 3.35. The van der Waals surface area contributed by atoms with Crippen molar-refractivity contribution in [3.05, 3.63) is 0 Å². The van der Waals surface area contributed by atoms with Crippen LogP contribution in [0.4, 0.5) is 0 Å². The van der Waals surface area contributed by atoms with Crippen molar-refractivity contribution in [2.45, 2.75) is 69.8 Å². The van der Waals surface area contributed by atoms with Gasteiger partial charge in [0.05, 0.1) is 19.3 Å². The van der Waals surface area contributed by atoms with E-state index in [-0.39, 0.29) is 11.9 Å². The quantitative estimate of drug-likeness (QED) is 0.813. The minimum atomic E-state index is -0.340. The molecule has 20 heavy (non-hydrogen) atoms. The van der Waals surface area contributed by atoms with Crippen molar-refractivity contribution in [2.75, 3.05) is 26.4 Å². The van der Waals surface area contributed by atoms with Gasteiger partial charge < -0.3 is 19.5 Å². The van der Waals surface area contributed by atoms with Crippen LogP contribution in [0.1, 0.15) is 51.9 Å². The molecule has 1 heterocycles. The fraction of sp³-hybridized carbons (Fsp3) is 1.00. The summed E-state index contributed by atoms with van der Waals surface area (Å²) in [6.07, 6.45) is 8.65. The van der Waals surface area contributed by atoms with Gasteiger partial charge in [0.25, 0.3) is 0 Å². The predicted octanol–water partition coefficient (Wildman–Crippen LogP) is 2.47. The first-order valence-corrected chi connectivity index (χ1v) is 8.44. The lowest BCUT2D eigenvalue weighted by molar-refractivity contribution is -0.207. The molecule has 116 valence electrons. The van der Waals surface area contributed by atoms with E-state index < -0.39 is 0 Å². The van der Waals surface area contributed by atoms with Gasteiger partial charge in [-0.05, 0) is 25.3 Å². The summed E-state index contributed by atoms with van der Waals surface area (Å²) >= 11 is 0. The van der Waals surface area contributed by atoms with Crippen molar-refractivity contribution in [1.29, 1.82) is 0 Å². The van der Waals surface area contributed by atoms with Gasteiger partial charge in [-0.2, -0.15) is 0 Å². The van der Waals surface area contributed by atoms with Crippen molar-refractivity contribution < 1.29 is 14.2 Å². The van der Waals surface area contributed by atoms with Gasteiger partial charge >= 0.3 is 0 Å². The third-order valence-corrected chi connectivity index (χ3v) is 5.16. The van der Waals surface area contributed by atoms with Crippen LogP contribution < -0.4 is 5.32 Å². The minimum absolute atomic E-state index is 0.238. The zero-order valence-corrected chi connectivity index (χ0v) is 12.7. The van der Waals surface area contributed by atoms with Gasteiger partial charge in [-0.15, -0.1) is 0 Å². The summed E-state index contributed by atoms with van der Waals surface area (Å²) in [5.74, 6) is 0.580. The second-order valence-corrected chi connectivity index (χ2v) is 6.51. The highest BCUT2D eigenvalue weighted by molar-refractivity contribution is 4.92. The van der Waals surface area contributed by atoms with E-state index in [0.29, 0.717) is 6.04 Å². The van der Waals surface area contributed by atoms with Gasteiger partial charge in [-0.3, -0.25) is 0 Å².